The molecular formula is C15H10At2. The number of benzene rings is 3. The first-order valence-corrected chi connectivity index (χ1v) is 8.38. The Morgan fingerprint density at radius 3 is 1.71 bits per heavy atom. The average molecular weight is 610 g/mol. The van der Waals surface area contributed by atoms with Crippen LogP contribution in [0.5, 0.6) is 0 Å². The van der Waals surface area contributed by atoms with Gasteiger partial charge < -0.3 is 0 Å². The summed E-state index contributed by atoms with van der Waals surface area (Å²) in [7, 11) is 0. The molecule has 0 bridgehead atoms. The maximum absolute atomic E-state index is 2.32. The summed E-state index contributed by atoms with van der Waals surface area (Å²) in [5, 5.41) is 5.63. The summed E-state index contributed by atoms with van der Waals surface area (Å²) in [6, 6.07) is 15.5. The number of fused-ring (bicyclic) bond motifs is 2. The van der Waals surface area contributed by atoms with E-state index in [-0.39, 0.29) is 0 Å². The van der Waals surface area contributed by atoms with E-state index in [0.29, 0.717) is 0 Å². The zero-order valence-corrected chi connectivity index (χ0v) is 15.2. The molecule has 0 atom stereocenters. The van der Waals surface area contributed by atoms with Crippen molar-refractivity contribution >= 4 is 28.1 Å². The minimum atomic E-state index is 1.37. The van der Waals surface area contributed by atoms with Crippen LogP contribution in [0, 0.1) is 56.4 Å². The zero-order valence-electron chi connectivity index (χ0n) is 9.30. The van der Waals surface area contributed by atoms with Crippen LogP contribution in [-0.4, -0.2) is 0 Å². The fraction of sp³-hybridized carbons (Fsp3) is 0.0667. The van der Waals surface area contributed by atoms with Crippen LogP contribution in [0.2, 0.25) is 0 Å². The van der Waals surface area contributed by atoms with Crippen molar-refractivity contribution in [3.63, 3.8) is 0 Å². The molecule has 0 saturated heterocycles. The second-order valence-electron chi connectivity index (χ2n) is 4.18. The monoisotopic (exact) mass is 610 g/mol. The third-order valence-corrected chi connectivity index (χ3v) is 5.60. The normalized spacial score (nSPS) is 11.2. The van der Waals surface area contributed by atoms with Crippen LogP contribution < -0.4 is 6.54 Å². The van der Waals surface area contributed by atoms with Gasteiger partial charge in [0.05, 0.1) is 0 Å². The number of hydrogen-bond acceptors (Lipinski definition) is 0. The first-order chi connectivity index (χ1) is 8.18. The molecule has 0 amide bonds. The minimum absolute atomic E-state index is 1.37. The van der Waals surface area contributed by atoms with E-state index in [2.05, 4.69) is 49.4 Å². The quantitative estimate of drug-likeness (QED) is 0.344. The molecule has 0 spiro atoms. The molecule has 0 aliphatic heterocycles. The summed E-state index contributed by atoms with van der Waals surface area (Å²) in [5.74, 6) is 0. The number of rotatable bonds is 0. The van der Waals surface area contributed by atoms with Crippen LogP contribution >= 0.6 is 0 Å². The van der Waals surface area contributed by atoms with Gasteiger partial charge in [-0.1, -0.05) is 0 Å². The molecule has 3 rings (SSSR count). The maximum atomic E-state index is 2.32. The Bertz CT molecular complexity index is 670. The van der Waals surface area contributed by atoms with Crippen LogP contribution in [0.1, 0.15) is 5.56 Å². The fourth-order valence-corrected chi connectivity index (χ4v) is 4.92. The molecule has 3 aromatic carbocycles. The predicted octanol–water partition coefficient (Wildman–Crippen LogP) is 2.65. The molecule has 0 nitrogen and oxygen atoms in total. The van der Waals surface area contributed by atoms with Crippen LogP contribution in [0.3, 0.4) is 0 Å². The van der Waals surface area contributed by atoms with Gasteiger partial charge in [0.1, 0.15) is 0 Å². The van der Waals surface area contributed by atoms with E-state index >= 15 is 0 Å². The van der Waals surface area contributed by atoms with Crippen LogP contribution in [0.4, 0.5) is 0 Å². The van der Waals surface area contributed by atoms with Crippen molar-refractivity contribution < 1.29 is 49.4 Å². The van der Waals surface area contributed by atoms with Crippen molar-refractivity contribution in [1.82, 2.24) is 0 Å². The molecule has 0 radical (unpaired) electrons. The number of hydrogen-bond donors (Lipinski definition) is 0. The molecule has 0 saturated carbocycles. The zero-order chi connectivity index (χ0) is 12.0. The second kappa shape index (κ2) is 4.56. The molecule has 3 aromatic rings. The predicted molar refractivity (Wildman–Crippen MR) is 65.5 cm³/mol. The Hall–Kier alpha value is -0.0538. The Morgan fingerprint density at radius 1 is 0.765 bits per heavy atom. The van der Waals surface area contributed by atoms with Gasteiger partial charge in [0.15, 0.2) is 0 Å². The van der Waals surface area contributed by atoms with Crippen molar-refractivity contribution in [2.24, 2.45) is 0 Å². The summed E-state index contributed by atoms with van der Waals surface area (Å²) < 4.78 is 2.86. The van der Waals surface area contributed by atoms with Gasteiger partial charge in [-0.3, -0.25) is 0 Å². The average Bonchev–Trinajstić information content (AvgIpc) is 2.28. The van der Waals surface area contributed by atoms with E-state index < -0.39 is 0 Å². The third kappa shape index (κ3) is 1.94. The molecule has 2 heteroatoms. The summed E-state index contributed by atoms with van der Waals surface area (Å²) >= 11 is 3.53. The molecule has 0 N–H and O–H groups in total. The molecular weight excluding hydrogens is 600 g/mol. The van der Waals surface area contributed by atoms with Gasteiger partial charge in [-0.25, -0.2) is 0 Å². The van der Waals surface area contributed by atoms with Crippen LogP contribution in [-0.2, 0) is 0 Å². The van der Waals surface area contributed by atoms with Crippen molar-refractivity contribution in [3.8, 4) is 0 Å². The van der Waals surface area contributed by atoms with Gasteiger partial charge in [0, 0.05) is 0 Å². The SMILES string of the molecule is Cc1c2c([At])cccc2cc2cccc([At])c12. The van der Waals surface area contributed by atoms with Crippen molar-refractivity contribution in [2.75, 3.05) is 0 Å². The number of aryl methyl sites for hydroxylation is 1. The first kappa shape index (κ1) is 12.0. The van der Waals surface area contributed by atoms with Gasteiger partial charge in [-0.2, -0.15) is 0 Å². The molecule has 84 valence electrons. The molecule has 0 heterocycles. The topological polar surface area (TPSA) is 0 Å². The second-order valence-corrected chi connectivity index (χ2v) is 7.34. The first-order valence-electron chi connectivity index (χ1n) is 5.44. The Kier molecular flexibility index (Phi) is 3.22. The van der Waals surface area contributed by atoms with Gasteiger partial charge in [0.25, 0.3) is 0 Å². The summed E-state index contributed by atoms with van der Waals surface area (Å²) in [5.41, 5.74) is 1.44. The Labute approximate surface area is 131 Å². The standard InChI is InChI=1S/C15H10At2/c1-9-14-10(4-2-6-12(14)16)8-11-5-3-7-13(17)15(9)11/h2-8H,1H3. The third-order valence-electron chi connectivity index (χ3n) is 3.15. The van der Waals surface area contributed by atoms with E-state index in [1.54, 1.807) is 49.4 Å². The van der Waals surface area contributed by atoms with E-state index in [4.69, 9.17) is 0 Å². The Balaban J connectivity index is 2.64. The van der Waals surface area contributed by atoms with Gasteiger partial charge >= 0.3 is 132 Å². The molecule has 17 heavy (non-hydrogen) atoms. The molecule has 0 unspecified atom stereocenters. The molecule has 0 aliphatic rings. The summed E-state index contributed by atoms with van der Waals surface area (Å²) in [6.07, 6.45) is 0. The van der Waals surface area contributed by atoms with Gasteiger partial charge in [-0.05, 0) is 0 Å². The van der Waals surface area contributed by atoms with E-state index in [1.165, 1.54) is 33.7 Å². The van der Waals surface area contributed by atoms with Gasteiger partial charge in [-0.15, -0.1) is 0 Å². The van der Waals surface area contributed by atoms with E-state index in [0.717, 1.165) is 0 Å². The van der Waals surface area contributed by atoms with Crippen molar-refractivity contribution in [3.05, 3.63) is 48.0 Å². The summed E-state index contributed by atoms with van der Waals surface area (Å²) in [6.45, 7) is 2.26. The van der Waals surface area contributed by atoms with Crippen molar-refractivity contribution in [1.29, 1.82) is 0 Å². The van der Waals surface area contributed by atoms with Crippen LogP contribution in [0.15, 0.2) is 42.5 Å². The van der Waals surface area contributed by atoms with E-state index in [9.17, 15) is 0 Å². The fourth-order valence-electron chi connectivity index (χ4n) is 2.41. The summed E-state index contributed by atoms with van der Waals surface area (Å²) in [4.78, 5) is 0. The molecule has 0 aliphatic carbocycles. The molecule has 0 fully saturated rings. The van der Waals surface area contributed by atoms with Crippen molar-refractivity contribution in [2.45, 2.75) is 6.92 Å². The van der Waals surface area contributed by atoms with Gasteiger partial charge in [0.2, 0.25) is 0 Å². The molecule has 0 aromatic heterocycles. The van der Waals surface area contributed by atoms with Crippen LogP contribution in [0.25, 0.3) is 21.5 Å². The van der Waals surface area contributed by atoms with E-state index in [1.807, 2.05) is 0 Å². The Morgan fingerprint density at radius 2 is 1.24 bits per heavy atom.